The lowest BCUT2D eigenvalue weighted by atomic mass is 10.3. The predicted octanol–water partition coefficient (Wildman–Crippen LogP) is 3.13. The van der Waals surface area contributed by atoms with E-state index < -0.39 is 21.7 Å². The summed E-state index contributed by atoms with van der Waals surface area (Å²) in [6.45, 7) is 1.04. The molecule has 28 heavy (non-hydrogen) atoms. The molecule has 1 aliphatic rings. The minimum Gasteiger partial charge on any atom is -0.325 e. The van der Waals surface area contributed by atoms with Gasteiger partial charge in [0.05, 0.1) is 11.4 Å². The van der Waals surface area contributed by atoms with Crippen LogP contribution in [0.2, 0.25) is 0 Å². The molecule has 0 heterocycles. The highest BCUT2D eigenvalue weighted by Gasteiger charge is 2.20. The molecule has 6 nitrogen and oxygen atoms in total. The van der Waals surface area contributed by atoms with E-state index in [1.807, 2.05) is 0 Å². The summed E-state index contributed by atoms with van der Waals surface area (Å²) in [5.41, 5.74) is 0.744. The van der Waals surface area contributed by atoms with Gasteiger partial charge in [0.1, 0.15) is 0 Å². The maximum atomic E-state index is 13.2. The average molecular weight is 432 g/mol. The minimum atomic E-state index is -4.06. The van der Waals surface area contributed by atoms with Crippen LogP contribution in [0.1, 0.15) is 12.8 Å². The van der Waals surface area contributed by atoms with Crippen molar-refractivity contribution >= 4 is 39.7 Å². The lowest BCUT2D eigenvalue weighted by Crippen LogP contribution is -2.29. The number of sulfonamides is 1. The van der Waals surface area contributed by atoms with E-state index in [0.29, 0.717) is 17.7 Å². The molecule has 0 aliphatic heterocycles. The number of nitrogens with one attached hydrogen (secondary N) is 3. The zero-order valence-electron chi connectivity index (χ0n) is 14.7. The second kappa shape index (κ2) is 9.31. The summed E-state index contributed by atoms with van der Waals surface area (Å²) in [6.07, 6.45) is 2.41. The van der Waals surface area contributed by atoms with Gasteiger partial charge in [-0.25, -0.2) is 17.2 Å². The van der Waals surface area contributed by atoms with Gasteiger partial charge in [-0.3, -0.25) is 9.52 Å². The van der Waals surface area contributed by atoms with Gasteiger partial charge in [0.15, 0.2) is 11.6 Å². The summed E-state index contributed by atoms with van der Waals surface area (Å²) in [5, 5.41) is 5.78. The molecule has 0 saturated heterocycles. The van der Waals surface area contributed by atoms with Crippen molar-refractivity contribution in [3.05, 3.63) is 54.1 Å². The van der Waals surface area contributed by atoms with Crippen LogP contribution in [-0.4, -0.2) is 27.4 Å². The first kappa shape index (κ1) is 22.1. The number of hydrogen-bond acceptors (Lipinski definition) is 4. The van der Waals surface area contributed by atoms with E-state index in [2.05, 4.69) is 15.4 Å². The fourth-order valence-electron chi connectivity index (χ4n) is 2.40. The third kappa shape index (κ3) is 6.15. The third-order valence-corrected chi connectivity index (χ3v) is 5.42. The van der Waals surface area contributed by atoms with Crippen molar-refractivity contribution in [1.82, 2.24) is 5.32 Å². The van der Waals surface area contributed by atoms with Crippen LogP contribution in [0.5, 0.6) is 0 Å². The molecule has 0 bridgehead atoms. The van der Waals surface area contributed by atoms with Crippen LogP contribution >= 0.6 is 12.4 Å². The number of carbonyl (C=O) groups is 1. The average Bonchev–Trinajstić information content (AvgIpc) is 3.43. The lowest BCUT2D eigenvalue weighted by Gasteiger charge is -2.10. The fourth-order valence-corrected chi connectivity index (χ4v) is 3.47. The third-order valence-electron chi connectivity index (χ3n) is 4.04. The maximum Gasteiger partial charge on any atom is 0.261 e. The second-order valence-electron chi connectivity index (χ2n) is 6.38. The van der Waals surface area contributed by atoms with Crippen LogP contribution in [0, 0.1) is 17.6 Å². The van der Waals surface area contributed by atoms with Crippen molar-refractivity contribution in [2.45, 2.75) is 17.7 Å². The Morgan fingerprint density at radius 1 is 1.00 bits per heavy atom. The monoisotopic (exact) mass is 431 g/mol. The van der Waals surface area contributed by atoms with E-state index >= 15 is 0 Å². The zero-order valence-corrected chi connectivity index (χ0v) is 16.4. The molecule has 2 aromatic rings. The van der Waals surface area contributed by atoms with Crippen molar-refractivity contribution in [2.24, 2.45) is 5.92 Å². The summed E-state index contributed by atoms with van der Waals surface area (Å²) in [4.78, 5) is 11.4. The molecule has 1 aliphatic carbocycles. The molecule has 3 N–H and O–H groups in total. The smallest absolute Gasteiger partial charge is 0.261 e. The van der Waals surface area contributed by atoms with Crippen molar-refractivity contribution in [3.63, 3.8) is 0 Å². The first-order valence-corrected chi connectivity index (χ1v) is 9.90. The molecule has 1 saturated carbocycles. The molecular weight excluding hydrogens is 412 g/mol. The molecule has 10 heteroatoms. The van der Waals surface area contributed by atoms with Crippen LogP contribution in [0.4, 0.5) is 20.2 Å². The molecule has 0 aromatic heterocycles. The van der Waals surface area contributed by atoms with Gasteiger partial charge in [-0.2, -0.15) is 0 Å². The highest BCUT2D eigenvalue weighted by molar-refractivity contribution is 7.92. The Labute approximate surface area is 168 Å². The first-order chi connectivity index (χ1) is 12.8. The van der Waals surface area contributed by atoms with Crippen molar-refractivity contribution in [2.75, 3.05) is 23.1 Å². The van der Waals surface area contributed by atoms with Gasteiger partial charge in [0.25, 0.3) is 10.0 Å². The first-order valence-electron chi connectivity index (χ1n) is 8.42. The van der Waals surface area contributed by atoms with E-state index in [4.69, 9.17) is 0 Å². The Balaban J connectivity index is 0.00000280. The van der Waals surface area contributed by atoms with Crippen LogP contribution in [0.3, 0.4) is 0 Å². The Morgan fingerprint density at radius 2 is 1.64 bits per heavy atom. The second-order valence-corrected chi connectivity index (χ2v) is 8.06. The van der Waals surface area contributed by atoms with Crippen molar-refractivity contribution in [3.8, 4) is 0 Å². The van der Waals surface area contributed by atoms with Crippen LogP contribution in [-0.2, 0) is 14.8 Å². The Kier molecular flexibility index (Phi) is 7.34. The van der Waals surface area contributed by atoms with Crippen LogP contribution in [0.15, 0.2) is 47.4 Å². The summed E-state index contributed by atoms with van der Waals surface area (Å²) in [5.74, 6) is -1.88. The quantitative estimate of drug-likeness (QED) is 0.599. The summed E-state index contributed by atoms with van der Waals surface area (Å²) in [6, 6.07) is 8.35. The molecule has 0 spiro atoms. The highest BCUT2D eigenvalue weighted by atomic mass is 35.5. The summed E-state index contributed by atoms with van der Waals surface area (Å²) < 4.78 is 52.9. The SMILES string of the molecule is Cl.O=C(CNCC1CC1)Nc1ccc(NS(=O)(=O)c2ccc(F)c(F)c2)cc1. The maximum absolute atomic E-state index is 13.2. The normalized spacial score (nSPS) is 13.5. The molecule has 0 radical (unpaired) electrons. The minimum absolute atomic E-state index is 0. The largest absolute Gasteiger partial charge is 0.325 e. The molecule has 0 unspecified atom stereocenters. The number of carbonyl (C=O) groups excluding carboxylic acids is 1. The van der Waals surface area contributed by atoms with Crippen molar-refractivity contribution < 1.29 is 22.0 Å². The molecular formula is C18H20ClF2N3O3S. The number of rotatable bonds is 8. The topological polar surface area (TPSA) is 87.3 Å². The molecule has 0 atom stereocenters. The van der Waals surface area contributed by atoms with Gasteiger partial charge < -0.3 is 10.6 Å². The Morgan fingerprint density at radius 3 is 2.25 bits per heavy atom. The highest BCUT2D eigenvalue weighted by Crippen LogP contribution is 2.27. The molecule has 3 rings (SSSR count). The van der Waals surface area contributed by atoms with Gasteiger partial charge in [-0.15, -0.1) is 12.4 Å². The van der Waals surface area contributed by atoms with Gasteiger partial charge >= 0.3 is 0 Å². The molecule has 1 amide bonds. The van der Waals surface area contributed by atoms with Gasteiger partial charge in [-0.1, -0.05) is 0 Å². The van der Waals surface area contributed by atoms with E-state index in [1.165, 1.54) is 25.0 Å². The molecule has 2 aromatic carbocycles. The Bertz CT molecular complexity index is 936. The number of hydrogen-bond donors (Lipinski definition) is 3. The standard InChI is InChI=1S/C18H19F2N3O3S.ClH/c19-16-8-7-15(9-17(16)20)27(25,26)23-14-5-3-13(4-6-14)22-18(24)11-21-10-12-1-2-12;/h3-9,12,21,23H,1-2,10-11H2,(H,22,24);1H. The van der Waals surface area contributed by atoms with Gasteiger partial charge in [0.2, 0.25) is 5.91 Å². The van der Waals surface area contributed by atoms with E-state index in [1.54, 1.807) is 12.1 Å². The van der Waals surface area contributed by atoms with Crippen LogP contribution in [0.25, 0.3) is 0 Å². The van der Waals surface area contributed by atoms with E-state index in [-0.39, 0.29) is 35.4 Å². The number of anilines is 2. The number of halogens is 3. The predicted molar refractivity (Wildman–Crippen MR) is 105 cm³/mol. The van der Waals surface area contributed by atoms with Crippen molar-refractivity contribution in [1.29, 1.82) is 0 Å². The van der Waals surface area contributed by atoms with Gasteiger partial charge in [0, 0.05) is 11.4 Å². The fraction of sp³-hybridized carbons (Fsp3) is 0.278. The van der Waals surface area contributed by atoms with E-state index in [9.17, 15) is 22.0 Å². The number of amides is 1. The summed E-state index contributed by atoms with van der Waals surface area (Å²) >= 11 is 0. The lowest BCUT2D eigenvalue weighted by molar-refractivity contribution is -0.115. The summed E-state index contributed by atoms with van der Waals surface area (Å²) in [7, 11) is -4.06. The molecule has 1 fully saturated rings. The zero-order chi connectivity index (χ0) is 19.4. The number of benzene rings is 2. The van der Waals surface area contributed by atoms with Crippen LogP contribution < -0.4 is 15.4 Å². The Hall–Kier alpha value is -2.23. The van der Waals surface area contributed by atoms with Gasteiger partial charge in [-0.05, 0) is 67.8 Å². The van der Waals surface area contributed by atoms with E-state index in [0.717, 1.165) is 18.7 Å². The molecule has 152 valence electrons.